The Morgan fingerprint density at radius 1 is 1.38 bits per heavy atom. The standard InChI is InChI=1S/C17H28N4/c1-3-21-10-4-5-16(21)13-20(2)17-12-18-9-8-14(17)11-19-15-6-7-15/h8-9,12,15-16,19H,3-7,10-11,13H2,1-2H3. The van der Waals surface area contributed by atoms with E-state index in [0.29, 0.717) is 6.04 Å². The first kappa shape index (κ1) is 14.8. The zero-order chi connectivity index (χ0) is 14.7. The van der Waals surface area contributed by atoms with Crippen LogP contribution >= 0.6 is 0 Å². The maximum atomic E-state index is 4.34. The largest absolute Gasteiger partial charge is 0.372 e. The number of rotatable bonds is 7. The van der Waals surface area contributed by atoms with Crippen LogP contribution in [0.3, 0.4) is 0 Å². The molecule has 1 unspecified atom stereocenters. The summed E-state index contributed by atoms with van der Waals surface area (Å²) in [5.74, 6) is 0. The molecule has 2 aliphatic rings. The molecule has 1 atom stereocenters. The maximum absolute atomic E-state index is 4.34. The van der Waals surface area contributed by atoms with E-state index in [-0.39, 0.29) is 0 Å². The fourth-order valence-electron chi connectivity index (χ4n) is 3.38. The molecule has 0 amide bonds. The van der Waals surface area contributed by atoms with Crippen molar-refractivity contribution in [2.75, 3.05) is 31.6 Å². The van der Waals surface area contributed by atoms with Gasteiger partial charge in [0.15, 0.2) is 0 Å². The second-order valence-corrected chi connectivity index (χ2v) is 6.46. The molecule has 1 aliphatic carbocycles. The van der Waals surface area contributed by atoms with Gasteiger partial charge in [-0.3, -0.25) is 9.88 Å². The third kappa shape index (κ3) is 3.74. The number of pyridine rings is 1. The number of likely N-dealkylation sites (tertiary alicyclic amines) is 1. The molecule has 4 heteroatoms. The van der Waals surface area contributed by atoms with Gasteiger partial charge in [-0.1, -0.05) is 6.92 Å². The van der Waals surface area contributed by atoms with Crippen LogP contribution in [0.2, 0.25) is 0 Å². The highest BCUT2D eigenvalue weighted by Gasteiger charge is 2.25. The summed E-state index contributed by atoms with van der Waals surface area (Å²) in [5.41, 5.74) is 2.66. The van der Waals surface area contributed by atoms with Crippen molar-refractivity contribution in [3.05, 3.63) is 24.0 Å². The summed E-state index contributed by atoms with van der Waals surface area (Å²) < 4.78 is 0. The minimum absolute atomic E-state index is 0.699. The average Bonchev–Trinajstić information content (AvgIpc) is 3.24. The summed E-state index contributed by atoms with van der Waals surface area (Å²) in [6.07, 6.45) is 9.28. The molecule has 1 aromatic rings. The van der Waals surface area contributed by atoms with Gasteiger partial charge in [0.25, 0.3) is 0 Å². The highest BCUT2D eigenvalue weighted by molar-refractivity contribution is 5.51. The molecular formula is C17H28N4. The van der Waals surface area contributed by atoms with Crippen LogP contribution in [0.4, 0.5) is 5.69 Å². The van der Waals surface area contributed by atoms with Crippen molar-refractivity contribution < 1.29 is 0 Å². The fourth-order valence-corrected chi connectivity index (χ4v) is 3.38. The van der Waals surface area contributed by atoms with Gasteiger partial charge in [-0.05, 0) is 50.4 Å². The quantitative estimate of drug-likeness (QED) is 0.834. The van der Waals surface area contributed by atoms with Crippen molar-refractivity contribution in [2.45, 2.75) is 51.2 Å². The van der Waals surface area contributed by atoms with Gasteiger partial charge in [0.1, 0.15) is 0 Å². The van der Waals surface area contributed by atoms with E-state index in [1.807, 2.05) is 12.4 Å². The van der Waals surface area contributed by atoms with Gasteiger partial charge in [-0.25, -0.2) is 0 Å². The van der Waals surface area contributed by atoms with Crippen molar-refractivity contribution >= 4 is 5.69 Å². The SMILES string of the molecule is CCN1CCCC1CN(C)c1cnccc1CNC1CC1. The Morgan fingerprint density at radius 2 is 2.24 bits per heavy atom. The van der Waals surface area contributed by atoms with Gasteiger partial charge >= 0.3 is 0 Å². The van der Waals surface area contributed by atoms with E-state index in [9.17, 15) is 0 Å². The molecule has 1 aromatic heterocycles. The number of nitrogens with one attached hydrogen (secondary N) is 1. The Morgan fingerprint density at radius 3 is 3.00 bits per heavy atom. The number of aromatic nitrogens is 1. The van der Waals surface area contributed by atoms with Crippen molar-refractivity contribution in [1.29, 1.82) is 0 Å². The number of hydrogen-bond acceptors (Lipinski definition) is 4. The van der Waals surface area contributed by atoms with Crippen LogP contribution < -0.4 is 10.2 Å². The number of nitrogens with zero attached hydrogens (tertiary/aromatic N) is 3. The highest BCUT2D eigenvalue weighted by Crippen LogP contribution is 2.24. The van der Waals surface area contributed by atoms with Crippen LogP contribution in [0.15, 0.2) is 18.5 Å². The summed E-state index contributed by atoms with van der Waals surface area (Å²) in [4.78, 5) is 9.34. The predicted octanol–water partition coefficient (Wildman–Crippen LogP) is 2.25. The third-order valence-electron chi connectivity index (χ3n) is 4.85. The van der Waals surface area contributed by atoms with Gasteiger partial charge in [0, 0.05) is 38.4 Å². The minimum Gasteiger partial charge on any atom is -0.372 e. The Kier molecular flexibility index (Phi) is 4.76. The van der Waals surface area contributed by atoms with Crippen LogP contribution in [-0.4, -0.2) is 48.6 Å². The average molecular weight is 288 g/mol. The molecule has 116 valence electrons. The molecule has 1 saturated heterocycles. The van der Waals surface area contributed by atoms with E-state index >= 15 is 0 Å². The molecule has 2 heterocycles. The number of likely N-dealkylation sites (N-methyl/N-ethyl adjacent to an activating group) is 2. The highest BCUT2D eigenvalue weighted by atomic mass is 15.2. The van der Waals surface area contributed by atoms with Crippen LogP contribution in [-0.2, 0) is 6.54 Å². The molecule has 4 nitrogen and oxygen atoms in total. The predicted molar refractivity (Wildman–Crippen MR) is 87.6 cm³/mol. The normalized spacial score (nSPS) is 22.7. The molecule has 3 rings (SSSR count). The molecule has 1 N–H and O–H groups in total. The number of hydrogen-bond donors (Lipinski definition) is 1. The van der Waals surface area contributed by atoms with Gasteiger partial charge in [0.2, 0.25) is 0 Å². The van der Waals surface area contributed by atoms with Crippen molar-refractivity contribution in [3.63, 3.8) is 0 Å². The van der Waals surface area contributed by atoms with E-state index in [1.165, 1.54) is 50.0 Å². The van der Waals surface area contributed by atoms with E-state index in [0.717, 1.165) is 19.1 Å². The molecule has 0 spiro atoms. The lowest BCUT2D eigenvalue weighted by atomic mass is 10.1. The summed E-state index contributed by atoms with van der Waals surface area (Å²) in [6.45, 7) is 6.78. The second-order valence-electron chi connectivity index (χ2n) is 6.46. The summed E-state index contributed by atoms with van der Waals surface area (Å²) >= 11 is 0. The van der Waals surface area contributed by atoms with E-state index in [1.54, 1.807) is 0 Å². The molecular weight excluding hydrogens is 260 g/mol. The summed E-state index contributed by atoms with van der Waals surface area (Å²) in [5, 5.41) is 3.62. The zero-order valence-electron chi connectivity index (χ0n) is 13.4. The van der Waals surface area contributed by atoms with Gasteiger partial charge in [-0.15, -0.1) is 0 Å². The van der Waals surface area contributed by atoms with Crippen LogP contribution in [0.5, 0.6) is 0 Å². The van der Waals surface area contributed by atoms with Crippen LogP contribution in [0, 0.1) is 0 Å². The first-order valence-electron chi connectivity index (χ1n) is 8.39. The smallest absolute Gasteiger partial charge is 0.0596 e. The van der Waals surface area contributed by atoms with Crippen molar-refractivity contribution in [1.82, 2.24) is 15.2 Å². The maximum Gasteiger partial charge on any atom is 0.0596 e. The van der Waals surface area contributed by atoms with E-state index < -0.39 is 0 Å². The monoisotopic (exact) mass is 288 g/mol. The Hall–Kier alpha value is -1.13. The molecule has 1 saturated carbocycles. The zero-order valence-corrected chi connectivity index (χ0v) is 13.4. The Bertz CT molecular complexity index is 458. The first-order valence-corrected chi connectivity index (χ1v) is 8.39. The molecule has 0 aromatic carbocycles. The van der Waals surface area contributed by atoms with E-state index in [2.05, 4.69) is 40.1 Å². The molecule has 1 aliphatic heterocycles. The van der Waals surface area contributed by atoms with Crippen molar-refractivity contribution in [3.8, 4) is 0 Å². The van der Waals surface area contributed by atoms with E-state index in [4.69, 9.17) is 0 Å². The molecule has 2 fully saturated rings. The van der Waals surface area contributed by atoms with Crippen LogP contribution in [0.1, 0.15) is 38.2 Å². The van der Waals surface area contributed by atoms with Gasteiger partial charge in [-0.2, -0.15) is 0 Å². The molecule has 0 radical (unpaired) electrons. The second kappa shape index (κ2) is 6.75. The lowest BCUT2D eigenvalue weighted by Crippen LogP contribution is -2.39. The third-order valence-corrected chi connectivity index (χ3v) is 4.85. The topological polar surface area (TPSA) is 31.4 Å². The Labute approximate surface area is 128 Å². The summed E-state index contributed by atoms with van der Waals surface area (Å²) in [7, 11) is 2.21. The Balaban J connectivity index is 1.63. The van der Waals surface area contributed by atoms with Gasteiger partial charge in [0.05, 0.1) is 11.9 Å². The number of anilines is 1. The fraction of sp³-hybridized carbons (Fsp3) is 0.706. The lowest BCUT2D eigenvalue weighted by Gasteiger charge is -2.30. The van der Waals surface area contributed by atoms with Crippen molar-refractivity contribution in [2.24, 2.45) is 0 Å². The molecule has 21 heavy (non-hydrogen) atoms. The summed E-state index contributed by atoms with van der Waals surface area (Å²) in [6, 6.07) is 3.61. The molecule has 0 bridgehead atoms. The lowest BCUT2D eigenvalue weighted by molar-refractivity contribution is 0.270. The van der Waals surface area contributed by atoms with Gasteiger partial charge < -0.3 is 10.2 Å². The van der Waals surface area contributed by atoms with Crippen LogP contribution in [0.25, 0.3) is 0 Å². The minimum atomic E-state index is 0.699. The first-order chi connectivity index (χ1) is 10.3.